The summed E-state index contributed by atoms with van der Waals surface area (Å²) in [6.45, 7) is 2.58. The van der Waals surface area contributed by atoms with Gasteiger partial charge in [-0.15, -0.1) is 10.2 Å². The van der Waals surface area contributed by atoms with E-state index in [4.69, 9.17) is 0 Å². The van der Waals surface area contributed by atoms with E-state index in [0.29, 0.717) is 17.5 Å². The fourth-order valence-electron chi connectivity index (χ4n) is 3.98. The minimum absolute atomic E-state index is 0.0226. The summed E-state index contributed by atoms with van der Waals surface area (Å²) in [6, 6.07) is 27.9. The molecule has 5 rings (SSSR count). The van der Waals surface area contributed by atoms with Gasteiger partial charge < -0.3 is 4.90 Å². The zero-order chi connectivity index (χ0) is 23.3. The first-order valence-corrected chi connectivity index (χ1v) is 12.1. The number of hydrogen-bond donors (Lipinski definition) is 0. The molecule has 0 saturated heterocycles. The largest absolute Gasteiger partial charge is 0.311 e. The highest BCUT2D eigenvalue weighted by molar-refractivity contribution is 7.99. The molecule has 1 amide bonds. The Morgan fingerprint density at radius 3 is 2.50 bits per heavy atom. The summed E-state index contributed by atoms with van der Waals surface area (Å²) in [5.41, 5.74) is 2.72. The van der Waals surface area contributed by atoms with E-state index in [-0.39, 0.29) is 11.7 Å². The van der Waals surface area contributed by atoms with Crippen LogP contribution in [0, 0.1) is 0 Å². The average Bonchev–Trinajstić information content (AvgIpc) is 3.33. The smallest absolute Gasteiger partial charge is 0.237 e. The van der Waals surface area contributed by atoms with Crippen LogP contribution in [-0.2, 0) is 4.79 Å². The molecule has 7 heteroatoms. The van der Waals surface area contributed by atoms with Crippen molar-refractivity contribution < 1.29 is 4.79 Å². The Bertz CT molecular complexity index is 1410. The number of anilines is 1. The molecule has 2 heterocycles. The summed E-state index contributed by atoms with van der Waals surface area (Å²) < 4.78 is 1.98. The van der Waals surface area contributed by atoms with E-state index >= 15 is 0 Å². The molecule has 3 aromatic carbocycles. The second-order valence-corrected chi connectivity index (χ2v) is 8.59. The number of thioether (sulfide) groups is 1. The standard InChI is InChI=1S/C27H23N5OS/c1-2-31(24-16-8-11-20-10-6-7-15-23(20)24)25(33)19-34-27-30-29-26(21-12-9-17-28-18-21)32(27)22-13-4-3-5-14-22/h3-18H,2,19H2,1H3. The zero-order valence-electron chi connectivity index (χ0n) is 18.7. The molecule has 0 unspecified atom stereocenters. The third-order valence-corrected chi connectivity index (χ3v) is 6.48. The second kappa shape index (κ2) is 9.89. The van der Waals surface area contributed by atoms with Crippen molar-refractivity contribution in [3.05, 3.63) is 97.3 Å². The van der Waals surface area contributed by atoms with E-state index in [0.717, 1.165) is 27.7 Å². The van der Waals surface area contributed by atoms with E-state index in [1.807, 2.05) is 83.1 Å². The van der Waals surface area contributed by atoms with Crippen molar-refractivity contribution >= 4 is 34.1 Å². The van der Waals surface area contributed by atoms with Crippen LogP contribution in [0.1, 0.15) is 6.92 Å². The third kappa shape index (κ3) is 4.30. The number of amides is 1. The first kappa shape index (κ1) is 21.9. The van der Waals surface area contributed by atoms with Gasteiger partial charge in [-0.1, -0.05) is 66.4 Å². The molecule has 0 aliphatic carbocycles. The molecular weight excluding hydrogens is 442 g/mol. The fourth-order valence-corrected chi connectivity index (χ4v) is 4.81. The molecule has 168 valence electrons. The molecule has 0 N–H and O–H groups in total. The maximum absolute atomic E-state index is 13.4. The predicted octanol–water partition coefficient (Wildman–Crippen LogP) is 5.63. The first-order valence-electron chi connectivity index (χ1n) is 11.1. The lowest BCUT2D eigenvalue weighted by molar-refractivity contribution is -0.116. The van der Waals surface area contributed by atoms with E-state index in [1.165, 1.54) is 11.8 Å². The number of carbonyl (C=O) groups excluding carboxylic acids is 1. The third-order valence-electron chi connectivity index (χ3n) is 5.57. The number of fused-ring (bicyclic) bond motifs is 1. The van der Waals surface area contributed by atoms with Crippen molar-refractivity contribution in [1.29, 1.82) is 0 Å². The molecule has 0 aliphatic heterocycles. The number of carbonyl (C=O) groups is 1. The van der Waals surface area contributed by atoms with E-state index in [2.05, 4.69) is 33.4 Å². The molecule has 0 saturated carbocycles. The van der Waals surface area contributed by atoms with Crippen LogP contribution in [0.3, 0.4) is 0 Å². The maximum atomic E-state index is 13.4. The summed E-state index contributed by atoms with van der Waals surface area (Å²) in [4.78, 5) is 19.4. The molecule has 0 aliphatic rings. The Hall–Kier alpha value is -3.97. The average molecular weight is 466 g/mol. The Labute approximate surface area is 202 Å². The normalized spacial score (nSPS) is 11.0. The van der Waals surface area contributed by atoms with Crippen molar-refractivity contribution in [3.63, 3.8) is 0 Å². The van der Waals surface area contributed by atoms with Gasteiger partial charge in [-0.3, -0.25) is 14.3 Å². The Morgan fingerprint density at radius 2 is 1.71 bits per heavy atom. The first-order chi connectivity index (χ1) is 16.8. The van der Waals surface area contributed by atoms with Gasteiger partial charge in [0.05, 0.1) is 11.4 Å². The number of nitrogens with zero attached hydrogens (tertiary/aromatic N) is 5. The number of para-hydroxylation sites is 1. The highest BCUT2D eigenvalue weighted by Gasteiger charge is 2.20. The maximum Gasteiger partial charge on any atom is 0.237 e. The Kier molecular flexibility index (Phi) is 6.35. The molecule has 0 spiro atoms. The summed E-state index contributed by atoms with van der Waals surface area (Å²) in [5, 5.41) is 11.7. The lowest BCUT2D eigenvalue weighted by atomic mass is 10.1. The van der Waals surface area contributed by atoms with Gasteiger partial charge in [0.25, 0.3) is 0 Å². The Balaban J connectivity index is 1.45. The molecule has 0 fully saturated rings. The van der Waals surface area contributed by atoms with Gasteiger partial charge in [-0.25, -0.2) is 0 Å². The minimum atomic E-state index is 0.0226. The second-order valence-electron chi connectivity index (χ2n) is 7.64. The predicted molar refractivity (Wildman–Crippen MR) is 137 cm³/mol. The number of rotatable bonds is 7. The lowest BCUT2D eigenvalue weighted by Gasteiger charge is -2.22. The van der Waals surface area contributed by atoms with Crippen molar-refractivity contribution in [3.8, 4) is 17.1 Å². The zero-order valence-corrected chi connectivity index (χ0v) is 19.5. The SMILES string of the molecule is CCN(C(=O)CSc1nnc(-c2cccnc2)n1-c1ccccc1)c1cccc2ccccc12. The van der Waals surface area contributed by atoms with Crippen LogP contribution >= 0.6 is 11.8 Å². The molecule has 6 nitrogen and oxygen atoms in total. The van der Waals surface area contributed by atoms with Gasteiger partial charge in [-0.2, -0.15) is 0 Å². The minimum Gasteiger partial charge on any atom is -0.311 e. The molecule has 34 heavy (non-hydrogen) atoms. The van der Waals surface area contributed by atoms with Gasteiger partial charge in [-0.05, 0) is 42.6 Å². The van der Waals surface area contributed by atoms with Gasteiger partial charge in [0.2, 0.25) is 5.91 Å². The van der Waals surface area contributed by atoms with Crippen molar-refractivity contribution in [2.45, 2.75) is 12.1 Å². The fraction of sp³-hybridized carbons (Fsp3) is 0.111. The van der Waals surface area contributed by atoms with Crippen LogP contribution in [0.25, 0.3) is 27.8 Å². The van der Waals surface area contributed by atoms with E-state index in [1.54, 1.807) is 12.4 Å². The molecule has 0 atom stereocenters. The molecule has 2 aromatic heterocycles. The van der Waals surface area contributed by atoms with Crippen LogP contribution < -0.4 is 4.90 Å². The van der Waals surface area contributed by atoms with E-state index in [9.17, 15) is 4.79 Å². The van der Waals surface area contributed by atoms with Gasteiger partial charge >= 0.3 is 0 Å². The van der Waals surface area contributed by atoms with Crippen LogP contribution in [0.5, 0.6) is 0 Å². The number of pyridine rings is 1. The monoisotopic (exact) mass is 465 g/mol. The van der Waals surface area contributed by atoms with Crippen LogP contribution in [0.15, 0.2) is 102 Å². The van der Waals surface area contributed by atoms with Crippen molar-refractivity contribution in [2.75, 3.05) is 17.2 Å². The van der Waals surface area contributed by atoms with Crippen LogP contribution in [-0.4, -0.2) is 38.0 Å². The lowest BCUT2D eigenvalue weighted by Crippen LogP contribution is -2.32. The molecule has 5 aromatic rings. The van der Waals surface area contributed by atoms with Gasteiger partial charge in [0, 0.05) is 35.6 Å². The molecule has 0 radical (unpaired) electrons. The van der Waals surface area contributed by atoms with Gasteiger partial charge in [0.15, 0.2) is 11.0 Å². The highest BCUT2D eigenvalue weighted by atomic mass is 32.2. The summed E-state index contributed by atoms with van der Waals surface area (Å²) in [7, 11) is 0. The number of hydrogen-bond acceptors (Lipinski definition) is 5. The van der Waals surface area contributed by atoms with Crippen molar-refractivity contribution in [1.82, 2.24) is 19.7 Å². The number of benzene rings is 3. The van der Waals surface area contributed by atoms with Crippen molar-refractivity contribution in [2.24, 2.45) is 0 Å². The van der Waals surface area contributed by atoms with Crippen LogP contribution in [0.4, 0.5) is 5.69 Å². The van der Waals surface area contributed by atoms with E-state index < -0.39 is 0 Å². The summed E-state index contributed by atoms with van der Waals surface area (Å²) in [5.74, 6) is 0.958. The quantitative estimate of drug-likeness (QED) is 0.292. The molecular formula is C27H23N5OS. The van der Waals surface area contributed by atoms with Gasteiger partial charge in [0.1, 0.15) is 0 Å². The number of aromatic nitrogens is 4. The topological polar surface area (TPSA) is 63.9 Å². The highest BCUT2D eigenvalue weighted by Crippen LogP contribution is 2.30. The Morgan fingerprint density at radius 1 is 0.912 bits per heavy atom. The summed E-state index contributed by atoms with van der Waals surface area (Å²) in [6.07, 6.45) is 3.50. The summed E-state index contributed by atoms with van der Waals surface area (Å²) >= 11 is 1.39. The molecule has 0 bridgehead atoms. The van der Waals surface area contributed by atoms with Crippen LogP contribution in [0.2, 0.25) is 0 Å².